The highest BCUT2D eigenvalue weighted by Crippen LogP contribution is 2.14. The monoisotopic (exact) mass is 358 g/mol. The van der Waals surface area contributed by atoms with Gasteiger partial charge in [-0.3, -0.25) is 14.7 Å². The maximum Gasteiger partial charge on any atom is 0.221 e. The summed E-state index contributed by atoms with van der Waals surface area (Å²) >= 11 is 0. The number of rotatable bonds is 6. The van der Waals surface area contributed by atoms with Crippen LogP contribution in [-0.2, 0) is 11.3 Å². The molecule has 0 aliphatic carbocycles. The summed E-state index contributed by atoms with van der Waals surface area (Å²) < 4.78 is 0. The SMILES string of the molecule is O=C(CCN1CCCCCCC1)N[C@H]1CCCN(Cc2cccnc2)C1. The Hall–Kier alpha value is -1.46. The van der Waals surface area contributed by atoms with E-state index in [1.54, 1.807) is 0 Å². The lowest BCUT2D eigenvalue weighted by atomic mass is 10.0. The van der Waals surface area contributed by atoms with Gasteiger partial charge in [-0.25, -0.2) is 0 Å². The quantitative estimate of drug-likeness (QED) is 0.849. The van der Waals surface area contributed by atoms with E-state index in [1.807, 2.05) is 18.5 Å². The van der Waals surface area contributed by atoms with Gasteiger partial charge in [0, 0.05) is 44.5 Å². The number of nitrogens with zero attached hydrogens (tertiary/aromatic N) is 3. The van der Waals surface area contributed by atoms with Crippen LogP contribution in [-0.4, -0.2) is 59.5 Å². The maximum absolute atomic E-state index is 12.4. The standard InChI is InChI=1S/C21H34N4O/c26-21(10-15-24-12-4-2-1-3-5-13-24)23-20-9-7-14-25(18-20)17-19-8-6-11-22-16-19/h6,8,11,16,20H,1-5,7,9-10,12-15,17-18H2,(H,23,26)/t20-/m0/s1. The molecule has 2 aliphatic heterocycles. The van der Waals surface area contributed by atoms with E-state index in [-0.39, 0.29) is 5.91 Å². The van der Waals surface area contributed by atoms with E-state index in [9.17, 15) is 4.79 Å². The third-order valence-electron chi connectivity index (χ3n) is 5.60. The number of nitrogens with one attached hydrogen (secondary N) is 1. The molecule has 2 saturated heterocycles. The summed E-state index contributed by atoms with van der Waals surface area (Å²) in [7, 11) is 0. The van der Waals surface area contributed by atoms with Gasteiger partial charge in [0.1, 0.15) is 0 Å². The van der Waals surface area contributed by atoms with Gasteiger partial charge in [-0.15, -0.1) is 0 Å². The van der Waals surface area contributed by atoms with Gasteiger partial charge >= 0.3 is 0 Å². The molecular weight excluding hydrogens is 324 g/mol. The van der Waals surface area contributed by atoms with Gasteiger partial charge in [0.25, 0.3) is 0 Å². The van der Waals surface area contributed by atoms with Crippen LogP contribution in [0.3, 0.4) is 0 Å². The Balaban J connectivity index is 1.37. The first-order valence-corrected chi connectivity index (χ1v) is 10.4. The van der Waals surface area contributed by atoms with Crippen LogP contribution < -0.4 is 5.32 Å². The Morgan fingerprint density at radius 2 is 1.85 bits per heavy atom. The average molecular weight is 359 g/mol. The summed E-state index contributed by atoms with van der Waals surface area (Å²) in [6.07, 6.45) is 13.3. The van der Waals surface area contributed by atoms with Crippen LogP contribution in [0.25, 0.3) is 0 Å². The Morgan fingerprint density at radius 3 is 2.62 bits per heavy atom. The average Bonchev–Trinajstić information content (AvgIpc) is 2.62. The summed E-state index contributed by atoms with van der Waals surface area (Å²) in [5.74, 6) is 0.222. The first kappa shape index (κ1) is 19.3. The first-order valence-electron chi connectivity index (χ1n) is 10.4. The topological polar surface area (TPSA) is 48.5 Å². The van der Waals surface area contributed by atoms with E-state index in [4.69, 9.17) is 0 Å². The minimum atomic E-state index is 0.222. The molecule has 26 heavy (non-hydrogen) atoms. The van der Waals surface area contributed by atoms with Gasteiger partial charge in [-0.05, 0) is 56.9 Å². The number of carbonyl (C=O) groups excluding carboxylic acids is 1. The Kier molecular flexibility index (Phi) is 7.89. The smallest absolute Gasteiger partial charge is 0.221 e. The molecule has 0 spiro atoms. The molecule has 0 bridgehead atoms. The van der Waals surface area contributed by atoms with Crippen LogP contribution >= 0.6 is 0 Å². The molecule has 0 unspecified atom stereocenters. The van der Waals surface area contributed by atoms with Crippen molar-refractivity contribution in [1.29, 1.82) is 0 Å². The molecular formula is C21H34N4O. The first-order chi connectivity index (χ1) is 12.8. The van der Waals surface area contributed by atoms with Crippen LogP contribution in [0.5, 0.6) is 0 Å². The number of amides is 1. The molecule has 2 fully saturated rings. The van der Waals surface area contributed by atoms with E-state index in [1.165, 1.54) is 37.7 Å². The number of hydrogen-bond donors (Lipinski definition) is 1. The molecule has 1 atom stereocenters. The van der Waals surface area contributed by atoms with Gasteiger partial charge in [-0.2, -0.15) is 0 Å². The zero-order chi connectivity index (χ0) is 18.0. The third-order valence-corrected chi connectivity index (χ3v) is 5.60. The second kappa shape index (κ2) is 10.6. The van der Waals surface area contributed by atoms with Crippen molar-refractivity contribution < 1.29 is 4.79 Å². The number of likely N-dealkylation sites (tertiary alicyclic amines) is 2. The summed E-state index contributed by atoms with van der Waals surface area (Å²) in [6, 6.07) is 4.40. The Labute approximate surface area is 158 Å². The molecule has 0 saturated carbocycles. The minimum absolute atomic E-state index is 0.222. The zero-order valence-corrected chi connectivity index (χ0v) is 16.0. The molecule has 1 amide bonds. The summed E-state index contributed by atoms with van der Waals surface area (Å²) in [5.41, 5.74) is 1.25. The molecule has 0 radical (unpaired) electrons. The van der Waals surface area contributed by atoms with Crippen LogP contribution in [0.2, 0.25) is 0 Å². The largest absolute Gasteiger partial charge is 0.352 e. The van der Waals surface area contributed by atoms with E-state index in [0.717, 1.165) is 52.1 Å². The van der Waals surface area contributed by atoms with Crippen molar-refractivity contribution in [2.45, 2.75) is 64.0 Å². The van der Waals surface area contributed by atoms with Crippen molar-refractivity contribution in [3.8, 4) is 0 Å². The normalized spacial score (nSPS) is 23.2. The van der Waals surface area contributed by atoms with Crippen molar-refractivity contribution in [1.82, 2.24) is 20.1 Å². The highest BCUT2D eigenvalue weighted by atomic mass is 16.1. The van der Waals surface area contributed by atoms with Crippen molar-refractivity contribution in [2.24, 2.45) is 0 Å². The highest BCUT2D eigenvalue weighted by Gasteiger charge is 2.21. The van der Waals surface area contributed by atoms with Gasteiger partial charge in [0.2, 0.25) is 5.91 Å². The third kappa shape index (κ3) is 6.69. The molecule has 3 rings (SSSR count). The fourth-order valence-electron chi connectivity index (χ4n) is 4.16. The molecule has 0 aromatic carbocycles. The fraction of sp³-hybridized carbons (Fsp3) is 0.714. The van der Waals surface area contributed by atoms with Gasteiger partial charge in [-0.1, -0.05) is 25.3 Å². The van der Waals surface area contributed by atoms with Gasteiger partial charge < -0.3 is 10.2 Å². The second-order valence-electron chi connectivity index (χ2n) is 7.86. The molecule has 5 heteroatoms. The van der Waals surface area contributed by atoms with Crippen LogP contribution in [0, 0.1) is 0 Å². The molecule has 1 aromatic heterocycles. The lowest BCUT2D eigenvalue weighted by Crippen LogP contribution is -2.47. The van der Waals surface area contributed by atoms with Crippen molar-refractivity contribution in [3.05, 3.63) is 30.1 Å². The minimum Gasteiger partial charge on any atom is -0.352 e. The van der Waals surface area contributed by atoms with Crippen LogP contribution in [0.4, 0.5) is 0 Å². The molecule has 144 valence electrons. The lowest BCUT2D eigenvalue weighted by molar-refractivity contribution is -0.122. The maximum atomic E-state index is 12.4. The highest BCUT2D eigenvalue weighted by molar-refractivity contribution is 5.76. The van der Waals surface area contributed by atoms with Crippen molar-refractivity contribution in [2.75, 3.05) is 32.7 Å². The second-order valence-corrected chi connectivity index (χ2v) is 7.86. The summed E-state index contributed by atoms with van der Waals surface area (Å²) in [4.78, 5) is 21.5. The lowest BCUT2D eigenvalue weighted by Gasteiger charge is -2.33. The summed E-state index contributed by atoms with van der Waals surface area (Å²) in [5, 5.41) is 3.28. The van der Waals surface area contributed by atoms with Gasteiger partial charge in [0.05, 0.1) is 0 Å². The number of pyridine rings is 1. The Bertz CT molecular complexity index is 528. The van der Waals surface area contributed by atoms with Crippen molar-refractivity contribution >= 4 is 5.91 Å². The fourth-order valence-corrected chi connectivity index (χ4v) is 4.16. The van der Waals surface area contributed by atoms with E-state index in [0.29, 0.717) is 12.5 Å². The van der Waals surface area contributed by atoms with Gasteiger partial charge in [0.15, 0.2) is 0 Å². The molecule has 1 N–H and O–H groups in total. The van der Waals surface area contributed by atoms with Crippen LogP contribution in [0.1, 0.15) is 56.9 Å². The zero-order valence-electron chi connectivity index (χ0n) is 16.0. The van der Waals surface area contributed by atoms with E-state index < -0.39 is 0 Å². The molecule has 1 aromatic rings. The molecule has 2 aliphatic rings. The number of carbonyl (C=O) groups is 1. The molecule has 3 heterocycles. The van der Waals surface area contributed by atoms with Crippen LogP contribution in [0.15, 0.2) is 24.5 Å². The van der Waals surface area contributed by atoms with E-state index >= 15 is 0 Å². The predicted octanol–water partition coefficient (Wildman–Crippen LogP) is 2.82. The Morgan fingerprint density at radius 1 is 1.08 bits per heavy atom. The van der Waals surface area contributed by atoms with E-state index in [2.05, 4.69) is 26.2 Å². The number of hydrogen-bond acceptors (Lipinski definition) is 4. The number of aromatic nitrogens is 1. The predicted molar refractivity (Wildman–Crippen MR) is 105 cm³/mol. The summed E-state index contributed by atoms with van der Waals surface area (Å²) in [6.45, 7) is 6.22. The number of piperidine rings is 1. The van der Waals surface area contributed by atoms with Crippen molar-refractivity contribution in [3.63, 3.8) is 0 Å². The molecule has 5 nitrogen and oxygen atoms in total.